The SMILES string of the molecule is [2H]c1c([2H])c([2H])c(-c2cccc(-c3cc(C(C)(C)C)cc(C(C)(C)C)c3)c2N2CN(c3cc(Oc4ccc5c6c7oc8c([N+]#[C-])cccc8c7ccc6n(-c6cc(C([2H])([2H])C(C)(C)C)ccn6)c5c4)cc(C(C)(C)C)c3)c3ccccc32)c([2H])c1[2H]. The molecule has 8 aromatic carbocycles. The minimum atomic E-state index is -1.70. The molecule has 394 valence electrons. The highest BCUT2D eigenvalue weighted by atomic mass is 16.5. The molecule has 0 unspecified atom stereocenters. The van der Waals surface area contributed by atoms with Gasteiger partial charge in [0.25, 0.3) is 0 Å². The third kappa shape index (κ3) is 9.37. The Morgan fingerprint density at radius 3 is 1.92 bits per heavy atom. The number of fused-ring (bicyclic) bond motifs is 8. The molecule has 0 amide bonds. The van der Waals surface area contributed by atoms with Crippen molar-refractivity contribution < 1.29 is 18.7 Å². The van der Waals surface area contributed by atoms with Crippen LogP contribution in [0.3, 0.4) is 0 Å². The van der Waals surface area contributed by atoms with Gasteiger partial charge >= 0.3 is 0 Å². The number of hydrogen-bond acceptors (Lipinski definition) is 5. The van der Waals surface area contributed by atoms with Crippen LogP contribution in [0.5, 0.6) is 11.5 Å². The zero-order valence-electron chi connectivity index (χ0n) is 54.1. The molecule has 4 heterocycles. The van der Waals surface area contributed by atoms with Gasteiger partial charge in [0, 0.05) is 54.0 Å². The summed E-state index contributed by atoms with van der Waals surface area (Å²) in [6.07, 6.45) is -0.0413. The molecule has 12 rings (SSSR count). The van der Waals surface area contributed by atoms with Gasteiger partial charge in [-0.05, 0) is 122 Å². The Balaban J connectivity index is 1.03. The molecule has 11 aromatic rings. The fourth-order valence-corrected chi connectivity index (χ4v) is 11.1. The predicted molar refractivity (Wildman–Crippen MR) is 331 cm³/mol. The lowest BCUT2D eigenvalue weighted by atomic mass is 9.78. The summed E-state index contributed by atoms with van der Waals surface area (Å²) < 4.78 is 79.4. The molecule has 0 spiro atoms. The maximum atomic E-state index is 9.36. The maximum Gasteiger partial charge on any atom is 0.229 e. The van der Waals surface area contributed by atoms with Gasteiger partial charge in [0.2, 0.25) is 5.69 Å². The van der Waals surface area contributed by atoms with Crippen molar-refractivity contribution in [1.82, 2.24) is 9.55 Å². The van der Waals surface area contributed by atoms with E-state index in [1.807, 2.05) is 104 Å². The first kappa shape index (κ1) is 43.4. The summed E-state index contributed by atoms with van der Waals surface area (Å²) in [6.45, 7) is 33.7. The highest BCUT2D eigenvalue weighted by Crippen LogP contribution is 2.52. The summed E-state index contributed by atoms with van der Waals surface area (Å²) in [7, 11) is 0. The molecule has 0 aliphatic carbocycles. The Hall–Kier alpha value is -8.60. The van der Waals surface area contributed by atoms with E-state index in [2.05, 4.69) is 125 Å². The molecule has 7 heteroatoms. The molecule has 0 atom stereocenters. The number of ether oxygens (including phenoxy) is 1. The molecule has 0 saturated carbocycles. The summed E-state index contributed by atoms with van der Waals surface area (Å²) in [6, 6.07) is 44.6. The van der Waals surface area contributed by atoms with E-state index >= 15 is 0 Å². The average molecular weight is 1040 g/mol. The molecular formula is C72H69N5O2. The number of para-hydroxylation sites is 4. The molecule has 3 aromatic heterocycles. The van der Waals surface area contributed by atoms with Gasteiger partial charge in [0.1, 0.15) is 35.2 Å². The highest BCUT2D eigenvalue weighted by molar-refractivity contribution is 6.24. The molecule has 7 nitrogen and oxygen atoms in total. The molecule has 0 saturated heterocycles. The number of rotatable bonds is 8. The Kier molecular flexibility index (Phi) is 10.3. The molecule has 0 fully saturated rings. The van der Waals surface area contributed by atoms with E-state index in [1.54, 1.807) is 18.3 Å². The number of aromatic nitrogens is 2. The number of anilines is 4. The van der Waals surface area contributed by atoms with E-state index in [9.17, 15) is 5.48 Å². The van der Waals surface area contributed by atoms with Crippen LogP contribution in [-0.4, -0.2) is 16.2 Å². The van der Waals surface area contributed by atoms with Crippen molar-refractivity contribution in [2.75, 3.05) is 16.5 Å². The minimum Gasteiger partial charge on any atom is -0.466 e. The second kappa shape index (κ2) is 18.8. The van der Waals surface area contributed by atoms with Crippen LogP contribution in [0.4, 0.5) is 28.4 Å². The number of furan rings is 1. The van der Waals surface area contributed by atoms with Crippen molar-refractivity contribution in [1.29, 1.82) is 0 Å². The summed E-state index contributed by atoms with van der Waals surface area (Å²) in [5.74, 6) is 1.65. The van der Waals surface area contributed by atoms with E-state index in [0.29, 0.717) is 57.7 Å². The first-order chi connectivity index (χ1) is 40.5. The molecule has 1 aliphatic heterocycles. The summed E-state index contributed by atoms with van der Waals surface area (Å²) in [5, 5.41) is 3.39. The second-order valence-corrected chi connectivity index (χ2v) is 25.1. The lowest BCUT2D eigenvalue weighted by Gasteiger charge is -2.30. The van der Waals surface area contributed by atoms with Crippen molar-refractivity contribution in [3.05, 3.63) is 210 Å². The van der Waals surface area contributed by atoms with Crippen molar-refractivity contribution >= 4 is 72.2 Å². The van der Waals surface area contributed by atoms with Crippen molar-refractivity contribution in [3.63, 3.8) is 0 Å². The number of benzene rings is 8. The number of pyridine rings is 1. The Morgan fingerprint density at radius 2 is 1.24 bits per heavy atom. The first-order valence-electron chi connectivity index (χ1n) is 30.6. The zero-order chi connectivity index (χ0) is 61.5. The largest absolute Gasteiger partial charge is 0.466 e. The smallest absolute Gasteiger partial charge is 0.229 e. The van der Waals surface area contributed by atoms with E-state index < -0.39 is 29.9 Å². The van der Waals surface area contributed by atoms with Crippen LogP contribution in [0.15, 0.2) is 180 Å². The van der Waals surface area contributed by atoms with Gasteiger partial charge in [-0.3, -0.25) is 4.57 Å². The molecule has 1 aliphatic rings. The maximum absolute atomic E-state index is 9.36. The van der Waals surface area contributed by atoms with Gasteiger partial charge in [-0.15, -0.1) is 0 Å². The van der Waals surface area contributed by atoms with E-state index in [-0.39, 0.29) is 33.9 Å². The fraction of sp³-hybridized carbons (Fsp3) is 0.250. The third-order valence-electron chi connectivity index (χ3n) is 15.1. The van der Waals surface area contributed by atoms with Crippen molar-refractivity contribution in [2.24, 2.45) is 5.41 Å². The van der Waals surface area contributed by atoms with Crippen LogP contribution in [0, 0.1) is 12.0 Å². The van der Waals surface area contributed by atoms with Crippen LogP contribution in [0.25, 0.3) is 76.7 Å². The normalized spacial score (nSPS) is 14.7. The Labute approximate surface area is 475 Å². The third-order valence-corrected chi connectivity index (χ3v) is 15.1. The predicted octanol–water partition coefficient (Wildman–Crippen LogP) is 20.5. The van der Waals surface area contributed by atoms with Crippen LogP contribution in [0.2, 0.25) is 0 Å². The van der Waals surface area contributed by atoms with Gasteiger partial charge in [-0.2, -0.15) is 0 Å². The molecule has 0 N–H and O–H groups in total. The highest BCUT2D eigenvalue weighted by Gasteiger charge is 2.33. The van der Waals surface area contributed by atoms with Crippen molar-refractivity contribution in [2.45, 2.75) is 106 Å². The van der Waals surface area contributed by atoms with E-state index in [1.165, 1.54) is 0 Å². The second-order valence-electron chi connectivity index (χ2n) is 25.1. The van der Waals surface area contributed by atoms with Gasteiger partial charge in [-0.25, -0.2) is 9.83 Å². The number of hydrogen-bond donors (Lipinski definition) is 0. The summed E-state index contributed by atoms with van der Waals surface area (Å²) in [5.41, 5.74) is 11.2. The van der Waals surface area contributed by atoms with Crippen LogP contribution < -0.4 is 14.5 Å². The van der Waals surface area contributed by atoms with E-state index in [0.717, 1.165) is 77.5 Å². The molecule has 0 bridgehead atoms. The van der Waals surface area contributed by atoms with Gasteiger partial charge < -0.3 is 19.0 Å². The van der Waals surface area contributed by atoms with Crippen LogP contribution >= 0.6 is 0 Å². The lowest BCUT2D eigenvalue weighted by molar-refractivity contribution is 0.411. The fourth-order valence-electron chi connectivity index (χ4n) is 11.1. The molecule has 0 radical (unpaired) electrons. The molecular weight excluding hydrogens is 967 g/mol. The van der Waals surface area contributed by atoms with Crippen LogP contribution in [0.1, 0.15) is 115 Å². The minimum absolute atomic E-state index is 0.124. The topological polar surface area (TPSA) is 51.0 Å². The monoisotopic (exact) mass is 1040 g/mol. The standard InChI is InChI=1S/C72H69N5O2/c1-69(2,3)43-45-33-34-74-64(35-45)77-62-32-31-57-56-25-20-26-59(73-13)67(56)79-68(57)65(62)58-30-29-52(42-63(58)77)78-53-40-50(72(10,11)12)39-51(41-53)75-44-76(61-28-18-17-27-60(61)75)66-54(46-21-15-14-16-22-46)23-19-24-55(66)47-36-48(70(4,5)6)38-49(37-47)71(7,8)9/h14-42H,43-44H2,1-12H3/i14D,15D,16D,21D,22D,43D2. The lowest BCUT2D eigenvalue weighted by Crippen LogP contribution is -2.25. The molecule has 79 heavy (non-hydrogen) atoms. The van der Waals surface area contributed by atoms with E-state index in [4.69, 9.17) is 24.8 Å². The first-order valence-corrected chi connectivity index (χ1v) is 27.1. The average Bonchev–Trinajstić information content (AvgIpc) is 1.58. The number of nitrogens with zero attached hydrogens (tertiary/aromatic N) is 5. The zero-order valence-corrected chi connectivity index (χ0v) is 47.1. The van der Waals surface area contributed by atoms with Gasteiger partial charge in [-0.1, -0.05) is 180 Å². The van der Waals surface area contributed by atoms with Gasteiger partial charge in [0.15, 0.2) is 0 Å². The Bertz CT molecular complexity index is 4600. The summed E-state index contributed by atoms with van der Waals surface area (Å²) in [4.78, 5) is 13.2. The van der Waals surface area contributed by atoms with Gasteiger partial charge in [0.05, 0.1) is 46.9 Å². The van der Waals surface area contributed by atoms with Crippen molar-refractivity contribution in [3.8, 4) is 39.6 Å². The quantitative estimate of drug-likeness (QED) is 0.142. The summed E-state index contributed by atoms with van der Waals surface area (Å²) >= 11 is 0. The Morgan fingerprint density at radius 1 is 0.595 bits per heavy atom. The van der Waals surface area contributed by atoms with Crippen LogP contribution in [-0.2, 0) is 22.6 Å².